The van der Waals surface area contributed by atoms with E-state index in [9.17, 15) is 18.4 Å². The first kappa shape index (κ1) is 25.9. The number of hydrogen-bond donors (Lipinski definition) is 2. The lowest BCUT2D eigenvalue weighted by atomic mass is 9.92. The van der Waals surface area contributed by atoms with Gasteiger partial charge in [-0.05, 0) is 73.4 Å². The fraction of sp³-hybridized carbons (Fsp3) is 0.481. The van der Waals surface area contributed by atoms with Gasteiger partial charge >= 0.3 is 6.09 Å². The van der Waals surface area contributed by atoms with E-state index in [0.717, 1.165) is 18.4 Å². The normalized spacial score (nSPS) is 20.3. The summed E-state index contributed by atoms with van der Waals surface area (Å²) in [5.74, 6) is 0.188. The van der Waals surface area contributed by atoms with Crippen molar-refractivity contribution in [1.29, 1.82) is 0 Å². The van der Waals surface area contributed by atoms with Crippen molar-refractivity contribution in [3.8, 4) is 16.9 Å². The molecule has 7 nitrogen and oxygen atoms in total. The van der Waals surface area contributed by atoms with E-state index in [2.05, 4.69) is 0 Å². The van der Waals surface area contributed by atoms with Crippen LogP contribution in [-0.2, 0) is 11.2 Å². The first-order valence-electron chi connectivity index (χ1n) is 12.4. The molecule has 2 aromatic carbocycles. The Labute approximate surface area is 209 Å². The summed E-state index contributed by atoms with van der Waals surface area (Å²) in [4.78, 5) is 26.3. The van der Waals surface area contributed by atoms with Crippen molar-refractivity contribution in [1.82, 2.24) is 9.80 Å². The zero-order chi connectivity index (χ0) is 25.8. The minimum absolute atomic E-state index is 0.0493. The van der Waals surface area contributed by atoms with Crippen molar-refractivity contribution >= 4 is 12.0 Å². The molecule has 3 N–H and O–H groups in total. The van der Waals surface area contributed by atoms with Crippen molar-refractivity contribution in [3.05, 3.63) is 53.8 Å². The number of carboxylic acid groups (broad SMARTS) is 1. The molecule has 2 aliphatic heterocycles. The van der Waals surface area contributed by atoms with Crippen molar-refractivity contribution in [2.24, 2.45) is 11.7 Å². The standard InChI is InChI=1S/C27H33F2N3O4/c1-17(18-8-11-31(12-9-18)27(34)35)36-23-6-4-19(5-7-23)20-2-3-21(24(29)14-20)15-25(30)26(33)32-13-10-22(28)16-32/h2-7,14,17-18,22,25H,8-13,15-16,30H2,1H3,(H,34,35)/t17-,22-,25?/m0/s1. The molecule has 0 aliphatic carbocycles. The van der Waals surface area contributed by atoms with E-state index >= 15 is 0 Å². The van der Waals surface area contributed by atoms with Crippen molar-refractivity contribution in [2.75, 3.05) is 26.2 Å². The third kappa shape index (κ3) is 6.13. The first-order chi connectivity index (χ1) is 17.2. The summed E-state index contributed by atoms with van der Waals surface area (Å²) < 4.78 is 34.3. The molecule has 0 aromatic heterocycles. The van der Waals surface area contributed by atoms with Crippen molar-refractivity contribution in [3.63, 3.8) is 0 Å². The Hall–Kier alpha value is -3.20. The van der Waals surface area contributed by atoms with Gasteiger partial charge in [-0.3, -0.25) is 4.79 Å². The van der Waals surface area contributed by atoms with Crippen LogP contribution in [0.2, 0.25) is 0 Å². The largest absolute Gasteiger partial charge is 0.490 e. The lowest BCUT2D eigenvalue weighted by Gasteiger charge is -2.33. The molecule has 2 amide bonds. The van der Waals surface area contributed by atoms with E-state index in [1.165, 1.54) is 15.9 Å². The molecule has 36 heavy (non-hydrogen) atoms. The van der Waals surface area contributed by atoms with Gasteiger partial charge in [-0.25, -0.2) is 13.6 Å². The van der Waals surface area contributed by atoms with Gasteiger partial charge in [0.1, 0.15) is 17.7 Å². The van der Waals surface area contributed by atoms with Gasteiger partial charge in [-0.1, -0.05) is 24.3 Å². The second-order valence-electron chi connectivity index (χ2n) is 9.74. The number of ether oxygens (including phenoxy) is 1. The maximum Gasteiger partial charge on any atom is 0.407 e. The number of rotatable bonds is 7. The maximum absolute atomic E-state index is 14.8. The van der Waals surface area contributed by atoms with E-state index in [-0.39, 0.29) is 30.9 Å². The average molecular weight is 502 g/mol. The first-order valence-corrected chi connectivity index (χ1v) is 12.4. The lowest BCUT2D eigenvalue weighted by molar-refractivity contribution is -0.131. The van der Waals surface area contributed by atoms with Gasteiger partial charge in [-0.15, -0.1) is 0 Å². The Bertz CT molecular complexity index is 1070. The highest BCUT2D eigenvalue weighted by Gasteiger charge is 2.30. The van der Waals surface area contributed by atoms with Crippen LogP contribution in [0, 0.1) is 11.7 Å². The van der Waals surface area contributed by atoms with Crippen LogP contribution >= 0.6 is 0 Å². The minimum Gasteiger partial charge on any atom is -0.490 e. The number of nitrogens with two attached hydrogens (primary N) is 1. The number of hydrogen-bond acceptors (Lipinski definition) is 4. The number of alkyl halides is 1. The van der Waals surface area contributed by atoms with Gasteiger partial charge in [0.05, 0.1) is 18.7 Å². The summed E-state index contributed by atoms with van der Waals surface area (Å²) in [6.45, 7) is 3.43. The number of nitrogens with zero attached hydrogens (tertiary/aromatic N) is 2. The molecule has 3 atom stereocenters. The monoisotopic (exact) mass is 501 g/mol. The van der Waals surface area contributed by atoms with Crippen LogP contribution in [0.5, 0.6) is 5.75 Å². The van der Waals surface area contributed by atoms with Gasteiger partial charge in [-0.2, -0.15) is 0 Å². The van der Waals surface area contributed by atoms with Crippen LogP contribution in [0.1, 0.15) is 31.7 Å². The summed E-state index contributed by atoms with van der Waals surface area (Å²) in [5, 5.41) is 9.10. The highest BCUT2D eigenvalue weighted by molar-refractivity contribution is 5.82. The zero-order valence-electron chi connectivity index (χ0n) is 20.4. The zero-order valence-corrected chi connectivity index (χ0v) is 20.4. The van der Waals surface area contributed by atoms with Gasteiger partial charge < -0.3 is 25.4 Å². The summed E-state index contributed by atoms with van der Waals surface area (Å²) >= 11 is 0. The molecule has 2 heterocycles. The summed E-state index contributed by atoms with van der Waals surface area (Å²) in [6.07, 6.45) is -0.0512. The Morgan fingerprint density at radius 1 is 1.06 bits per heavy atom. The Kier molecular flexibility index (Phi) is 8.08. The van der Waals surface area contributed by atoms with Crippen LogP contribution in [0.15, 0.2) is 42.5 Å². The number of amides is 2. The second-order valence-corrected chi connectivity index (χ2v) is 9.74. The highest BCUT2D eigenvalue weighted by Crippen LogP contribution is 2.28. The summed E-state index contributed by atoms with van der Waals surface area (Å²) in [6, 6.07) is 11.3. The second kappa shape index (κ2) is 11.2. The van der Waals surface area contributed by atoms with E-state index < -0.39 is 24.1 Å². The number of carbonyl (C=O) groups is 2. The lowest BCUT2D eigenvalue weighted by Crippen LogP contribution is -2.44. The molecule has 2 aliphatic rings. The minimum atomic E-state index is -1.02. The van der Waals surface area contributed by atoms with Crippen molar-refractivity contribution in [2.45, 2.75) is 50.9 Å². The fourth-order valence-electron chi connectivity index (χ4n) is 4.97. The fourth-order valence-corrected chi connectivity index (χ4v) is 4.97. The SMILES string of the molecule is C[C@H](Oc1ccc(-c2ccc(CC(N)C(=O)N3CC[C@H](F)C3)c(F)c2)cc1)C1CCN(C(=O)O)CC1. The van der Waals surface area contributed by atoms with Gasteiger partial charge in [0, 0.05) is 19.6 Å². The number of carbonyl (C=O) groups excluding carboxylic acids is 1. The van der Waals surface area contributed by atoms with Crippen LogP contribution in [0.4, 0.5) is 13.6 Å². The molecule has 0 bridgehead atoms. The molecule has 194 valence electrons. The van der Waals surface area contributed by atoms with Gasteiger partial charge in [0.2, 0.25) is 5.91 Å². The van der Waals surface area contributed by atoms with Gasteiger partial charge in [0.15, 0.2) is 0 Å². The topological polar surface area (TPSA) is 96.1 Å². The van der Waals surface area contributed by atoms with Crippen LogP contribution in [-0.4, -0.2) is 71.4 Å². The third-order valence-corrected chi connectivity index (χ3v) is 7.24. The van der Waals surface area contributed by atoms with Crippen LogP contribution in [0.25, 0.3) is 11.1 Å². The molecule has 1 unspecified atom stereocenters. The molecule has 0 spiro atoms. The van der Waals surface area contributed by atoms with E-state index in [1.807, 2.05) is 31.2 Å². The van der Waals surface area contributed by atoms with Crippen LogP contribution < -0.4 is 10.5 Å². The van der Waals surface area contributed by atoms with E-state index in [1.54, 1.807) is 12.1 Å². The summed E-state index contributed by atoms with van der Waals surface area (Å²) in [7, 11) is 0. The quantitative estimate of drug-likeness (QED) is 0.596. The van der Waals surface area contributed by atoms with Crippen LogP contribution in [0.3, 0.4) is 0 Å². The number of piperidine rings is 1. The third-order valence-electron chi connectivity index (χ3n) is 7.24. The molecule has 0 saturated carbocycles. The molecule has 9 heteroatoms. The maximum atomic E-state index is 14.8. The predicted octanol–water partition coefficient (Wildman–Crippen LogP) is 4.09. The summed E-state index contributed by atoms with van der Waals surface area (Å²) in [5.41, 5.74) is 7.86. The van der Waals surface area contributed by atoms with Crippen molar-refractivity contribution < 1.29 is 28.2 Å². The number of benzene rings is 2. The van der Waals surface area contributed by atoms with E-state index in [4.69, 9.17) is 15.6 Å². The number of halogens is 2. The molecule has 2 saturated heterocycles. The number of likely N-dealkylation sites (tertiary alicyclic amines) is 2. The average Bonchev–Trinajstić information content (AvgIpc) is 3.31. The predicted molar refractivity (Wildman–Crippen MR) is 132 cm³/mol. The molecule has 2 aromatic rings. The Morgan fingerprint density at radius 3 is 2.28 bits per heavy atom. The molecule has 4 rings (SSSR count). The van der Waals surface area contributed by atoms with E-state index in [0.29, 0.717) is 42.9 Å². The molecular weight excluding hydrogens is 468 g/mol. The molecular formula is C27H33F2N3O4. The van der Waals surface area contributed by atoms with Gasteiger partial charge in [0.25, 0.3) is 0 Å². The molecule has 2 fully saturated rings. The smallest absolute Gasteiger partial charge is 0.407 e. The molecule has 0 radical (unpaired) electrons. The highest BCUT2D eigenvalue weighted by atomic mass is 19.1. The Balaban J connectivity index is 1.33. The Morgan fingerprint density at radius 2 is 1.69 bits per heavy atom.